The number of nitrogens with zero attached hydrogens (tertiary/aromatic N) is 3. The molecule has 0 saturated carbocycles. The van der Waals surface area contributed by atoms with Crippen molar-refractivity contribution >= 4 is 53.1 Å². The molecule has 1 fully saturated rings. The van der Waals surface area contributed by atoms with E-state index in [9.17, 15) is 38.4 Å². The molecule has 0 aromatic heterocycles. The topological polar surface area (TPSA) is 286 Å². The van der Waals surface area contributed by atoms with E-state index >= 15 is 0 Å². The third-order valence-corrected chi connectivity index (χ3v) is 15.5. The van der Waals surface area contributed by atoms with Crippen molar-refractivity contribution in [3.8, 4) is 0 Å². The van der Waals surface area contributed by atoms with Crippen molar-refractivity contribution in [1.29, 1.82) is 0 Å². The molecule has 0 bridgehead atoms. The number of likely N-dealkylation sites (N-methyl/N-ethyl adjacent to an activating group) is 2. The highest BCUT2D eigenvalue weighted by Crippen LogP contribution is 2.30. The van der Waals surface area contributed by atoms with Crippen LogP contribution in [0.5, 0.6) is 0 Å². The molecule has 1 unspecified atom stereocenters. The lowest BCUT2D eigenvalue weighted by Gasteiger charge is -2.41. The third-order valence-electron chi connectivity index (χ3n) is 15.5. The number of methoxy groups -OCH3 is 3. The van der Waals surface area contributed by atoms with Crippen molar-refractivity contribution in [2.75, 3.05) is 60.4 Å². The number of hydrogen-bond acceptors (Lipinski definition) is 13. The van der Waals surface area contributed by atoms with Crippen LogP contribution in [0.3, 0.4) is 0 Å². The molecule has 1 heterocycles. The van der Waals surface area contributed by atoms with Crippen molar-refractivity contribution in [3.63, 3.8) is 0 Å². The number of nitrogens with one attached hydrogen (secondary N) is 5. The number of rotatable bonds is 33. The fourth-order valence-electron chi connectivity index (χ4n) is 10.6. The van der Waals surface area contributed by atoms with Gasteiger partial charge in [0.25, 0.3) is 0 Å². The van der Waals surface area contributed by atoms with Crippen LogP contribution in [0.25, 0.3) is 0 Å². The van der Waals surface area contributed by atoms with Gasteiger partial charge < -0.3 is 62.1 Å². The molecule has 2 aromatic carbocycles. The second-order valence-corrected chi connectivity index (χ2v) is 22.5. The highest BCUT2D eigenvalue weighted by molar-refractivity contribution is 5.98. The van der Waals surface area contributed by atoms with Crippen LogP contribution >= 0.6 is 0 Å². The molecule has 9 N–H and O–H groups in total. The molecule has 21 heteroatoms. The fraction of sp³-hybridized carbons (Fsp3) is 0.661. The smallest absolute Gasteiger partial charge is 0.328 e. The van der Waals surface area contributed by atoms with Gasteiger partial charge in [-0.2, -0.15) is 0 Å². The maximum Gasteiger partial charge on any atom is 0.328 e. The Balaban J connectivity index is 1.72. The van der Waals surface area contributed by atoms with Crippen molar-refractivity contribution in [3.05, 3.63) is 65.7 Å². The molecule has 2 aromatic rings. The van der Waals surface area contributed by atoms with Gasteiger partial charge >= 0.3 is 12.0 Å². The van der Waals surface area contributed by atoms with Gasteiger partial charge in [0.15, 0.2) is 0 Å². The summed E-state index contributed by atoms with van der Waals surface area (Å²) < 4.78 is 17.1. The Morgan fingerprint density at radius 3 is 1.94 bits per heavy atom. The molecule has 1 saturated heterocycles. The number of ether oxygens (including phenoxy) is 3. The SMILES string of the molecule is CCC(C)[C@@H]([C@@H](CC(=O)N1CCC[C@H]1[C@H](OC)[C@@H](C)C(=O)N[C@@H](Cc1ccccc1)C(=O)OC)OC)N(C)C(=O)[C@@H](NC(=O)[C@H](C(C)C)N(C)CCc1ccc(NC(=O)[C@H](CCCNC(N)=O)NC(=O)[C@@H](N)C(C)C)cc1)C(C)C. The summed E-state index contributed by atoms with van der Waals surface area (Å²) in [7, 11) is 7.90. The first-order valence-corrected chi connectivity index (χ1v) is 28.3. The van der Waals surface area contributed by atoms with E-state index in [2.05, 4.69) is 26.6 Å². The average molecular weight is 1120 g/mol. The van der Waals surface area contributed by atoms with Crippen LogP contribution in [0.1, 0.15) is 112 Å². The van der Waals surface area contributed by atoms with Gasteiger partial charge in [0, 0.05) is 53.0 Å². The second kappa shape index (κ2) is 33.6. The summed E-state index contributed by atoms with van der Waals surface area (Å²) in [5, 5.41) is 14.1. The Labute approximate surface area is 475 Å². The number of likely N-dealkylation sites (tertiary alicyclic amines) is 1. The summed E-state index contributed by atoms with van der Waals surface area (Å²) in [6.45, 7) is 18.2. The van der Waals surface area contributed by atoms with E-state index in [1.165, 1.54) is 21.3 Å². The molecular formula is C59H96N10O11. The second-order valence-electron chi connectivity index (χ2n) is 22.5. The largest absolute Gasteiger partial charge is 0.467 e. The van der Waals surface area contributed by atoms with E-state index in [4.69, 9.17) is 25.7 Å². The van der Waals surface area contributed by atoms with Gasteiger partial charge in [-0.1, -0.05) is 111 Å². The first-order chi connectivity index (χ1) is 37.8. The number of anilines is 1. The summed E-state index contributed by atoms with van der Waals surface area (Å²) in [5.74, 6) is -4.13. The average Bonchev–Trinajstić information content (AvgIpc) is 3.97. The predicted molar refractivity (Wildman–Crippen MR) is 309 cm³/mol. The summed E-state index contributed by atoms with van der Waals surface area (Å²) in [6.07, 6.45) is 1.89. The summed E-state index contributed by atoms with van der Waals surface area (Å²) in [5.41, 5.74) is 13.6. The van der Waals surface area contributed by atoms with Crippen molar-refractivity contribution in [2.24, 2.45) is 41.1 Å². The van der Waals surface area contributed by atoms with Crippen LogP contribution in [0.4, 0.5) is 10.5 Å². The van der Waals surface area contributed by atoms with Gasteiger partial charge in [-0.25, -0.2) is 9.59 Å². The number of nitrogens with two attached hydrogens (primary N) is 2. The number of urea groups is 1. The predicted octanol–water partition coefficient (Wildman–Crippen LogP) is 4.00. The Kier molecular flexibility index (Phi) is 28.6. The van der Waals surface area contributed by atoms with Gasteiger partial charge in [0.2, 0.25) is 35.4 Å². The lowest BCUT2D eigenvalue weighted by molar-refractivity contribution is -0.149. The maximum absolute atomic E-state index is 14.8. The molecule has 0 spiro atoms. The minimum Gasteiger partial charge on any atom is -0.467 e. The number of hydrogen-bond donors (Lipinski definition) is 7. The summed E-state index contributed by atoms with van der Waals surface area (Å²) in [4.78, 5) is 113. The first kappa shape index (κ1) is 68.1. The van der Waals surface area contributed by atoms with Gasteiger partial charge in [-0.3, -0.25) is 33.7 Å². The van der Waals surface area contributed by atoms with Crippen LogP contribution < -0.4 is 38.1 Å². The molecular weight excluding hydrogens is 1020 g/mol. The fourth-order valence-corrected chi connectivity index (χ4v) is 10.6. The van der Waals surface area contributed by atoms with E-state index in [1.54, 1.807) is 35.9 Å². The number of benzene rings is 2. The van der Waals surface area contributed by atoms with Crippen LogP contribution in [-0.2, 0) is 60.6 Å². The standard InChI is InChI=1S/C59H96N10O11/c1-15-38(8)51(46(78-12)34-47(70)69-31-20-24-45(69)52(79-13)39(9)53(71)65-44(58(76)80-14)33-41-21-17-16-18-22-41)68(11)57(75)49(36(4)5)66-56(74)50(37(6)7)67(10)32-29-40-25-27-42(28-26-40)63-54(72)43(23-19-30-62-59(61)77)64-55(73)48(60)35(2)3/h16-18,21-22,25-28,35-39,43-46,48-52H,15,19-20,23-24,29-34,60H2,1-14H3,(H,63,72)(H,64,73)(H,65,71)(H,66,74)(H3,61,62,77)/t38?,39-,43+,44+,45+,46-,48+,49+,50+,51+,52-/m1/s1. The molecule has 3 rings (SSSR count). The van der Waals surface area contributed by atoms with Gasteiger partial charge in [0.1, 0.15) is 18.1 Å². The summed E-state index contributed by atoms with van der Waals surface area (Å²) >= 11 is 0. The first-order valence-electron chi connectivity index (χ1n) is 28.3. The normalized spacial score (nSPS) is 17.3. The van der Waals surface area contributed by atoms with E-state index in [-0.39, 0.29) is 67.2 Å². The van der Waals surface area contributed by atoms with Crippen LogP contribution in [0, 0.1) is 29.6 Å². The molecule has 0 aliphatic carbocycles. The van der Waals surface area contributed by atoms with Crippen LogP contribution in [-0.4, -0.2) is 172 Å². The van der Waals surface area contributed by atoms with Gasteiger partial charge in [0.05, 0.1) is 55.8 Å². The number of amides is 8. The number of esters is 1. The highest BCUT2D eigenvalue weighted by Gasteiger charge is 2.44. The molecule has 1 aliphatic rings. The lowest BCUT2D eigenvalue weighted by Crippen LogP contribution is -2.60. The molecule has 11 atom stereocenters. The zero-order chi connectivity index (χ0) is 60.0. The van der Waals surface area contributed by atoms with Crippen molar-refractivity contribution in [2.45, 2.75) is 168 Å². The molecule has 0 radical (unpaired) electrons. The van der Waals surface area contributed by atoms with Crippen molar-refractivity contribution < 1.29 is 52.6 Å². The zero-order valence-corrected chi connectivity index (χ0v) is 50.0. The minimum absolute atomic E-state index is 0.0540. The van der Waals surface area contributed by atoms with E-state index < -0.39 is 90.1 Å². The summed E-state index contributed by atoms with van der Waals surface area (Å²) in [6, 6.07) is 10.8. The Morgan fingerprint density at radius 2 is 1.39 bits per heavy atom. The van der Waals surface area contributed by atoms with Crippen LogP contribution in [0.2, 0.25) is 0 Å². The zero-order valence-electron chi connectivity index (χ0n) is 50.0. The third kappa shape index (κ3) is 20.1. The molecule has 80 heavy (non-hydrogen) atoms. The number of primary amides is 1. The van der Waals surface area contributed by atoms with E-state index in [1.807, 2.05) is 110 Å². The van der Waals surface area contributed by atoms with E-state index in [0.29, 0.717) is 50.9 Å². The number of carbonyl (C=O) groups is 8. The monoisotopic (exact) mass is 1120 g/mol. The molecule has 448 valence electrons. The molecule has 21 nitrogen and oxygen atoms in total. The Hall–Kier alpha value is -6.16. The highest BCUT2D eigenvalue weighted by atomic mass is 16.5. The minimum atomic E-state index is -0.928. The number of carbonyl (C=O) groups excluding carboxylic acids is 8. The van der Waals surface area contributed by atoms with Gasteiger partial charge in [-0.15, -0.1) is 0 Å². The Morgan fingerprint density at radius 1 is 0.750 bits per heavy atom. The van der Waals surface area contributed by atoms with E-state index in [0.717, 1.165) is 11.1 Å². The van der Waals surface area contributed by atoms with Gasteiger partial charge in [-0.05, 0) is 86.1 Å². The Bertz CT molecular complexity index is 2300. The van der Waals surface area contributed by atoms with Crippen LogP contribution in [0.15, 0.2) is 54.6 Å². The molecule has 1 aliphatic heterocycles. The quantitative estimate of drug-likeness (QED) is 0.0394. The lowest BCUT2D eigenvalue weighted by atomic mass is 9.89. The van der Waals surface area contributed by atoms with Crippen molar-refractivity contribution in [1.82, 2.24) is 36.0 Å². The maximum atomic E-state index is 14.8. The molecule has 8 amide bonds.